The van der Waals surface area contributed by atoms with Gasteiger partial charge < -0.3 is 11.1 Å². The molecule has 0 radical (unpaired) electrons. The lowest BCUT2D eigenvalue weighted by Crippen LogP contribution is -2.24. The van der Waals surface area contributed by atoms with Gasteiger partial charge in [-0.15, -0.1) is 0 Å². The van der Waals surface area contributed by atoms with E-state index in [9.17, 15) is 14.9 Å². The normalized spacial score (nSPS) is 10.1. The molecule has 0 saturated heterocycles. The van der Waals surface area contributed by atoms with E-state index >= 15 is 0 Å². The van der Waals surface area contributed by atoms with Crippen molar-refractivity contribution in [1.82, 2.24) is 5.32 Å². The first kappa shape index (κ1) is 14.5. The van der Waals surface area contributed by atoms with Gasteiger partial charge in [0.1, 0.15) is 0 Å². The number of non-ortho nitro benzene ring substituents is 1. The lowest BCUT2D eigenvalue weighted by atomic mass is 10.1. The Morgan fingerprint density at radius 2 is 1.86 bits per heavy atom. The quantitative estimate of drug-likeness (QED) is 0.499. The maximum Gasteiger partial charge on any atom is 0.269 e. The minimum absolute atomic E-state index is 0.0116. The molecule has 6 nitrogen and oxygen atoms in total. The number of anilines is 1. The molecule has 0 saturated carbocycles. The van der Waals surface area contributed by atoms with Crippen LogP contribution in [0.4, 0.5) is 11.4 Å². The highest BCUT2D eigenvalue weighted by molar-refractivity contribution is 5.78. The lowest BCUT2D eigenvalue weighted by Gasteiger charge is -2.06. The third-order valence-corrected chi connectivity index (χ3v) is 2.93. The number of benzene rings is 2. The highest BCUT2D eigenvalue weighted by atomic mass is 16.6. The summed E-state index contributed by atoms with van der Waals surface area (Å²) in [5.41, 5.74) is 7.78. The van der Waals surface area contributed by atoms with Gasteiger partial charge in [-0.2, -0.15) is 0 Å². The third kappa shape index (κ3) is 4.31. The van der Waals surface area contributed by atoms with Crippen LogP contribution in [0, 0.1) is 10.1 Å². The average Bonchev–Trinajstić information content (AvgIpc) is 2.45. The van der Waals surface area contributed by atoms with Crippen molar-refractivity contribution in [3.8, 4) is 0 Å². The summed E-state index contributed by atoms with van der Waals surface area (Å²) in [5.74, 6) is -0.160. The zero-order chi connectivity index (χ0) is 15.2. The lowest BCUT2D eigenvalue weighted by molar-refractivity contribution is -0.384. The van der Waals surface area contributed by atoms with Crippen LogP contribution in [0.15, 0.2) is 48.5 Å². The summed E-state index contributed by atoms with van der Waals surface area (Å²) in [4.78, 5) is 22.0. The van der Waals surface area contributed by atoms with Crippen molar-refractivity contribution in [2.75, 3.05) is 5.73 Å². The van der Waals surface area contributed by atoms with Crippen LogP contribution in [-0.4, -0.2) is 10.8 Å². The number of carbonyl (C=O) groups excluding carboxylic acids is 1. The third-order valence-electron chi connectivity index (χ3n) is 2.93. The molecule has 0 heterocycles. The smallest absolute Gasteiger partial charge is 0.269 e. The monoisotopic (exact) mass is 285 g/mol. The molecule has 6 heteroatoms. The highest BCUT2D eigenvalue weighted by Gasteiger charge is 2.07. The first-order valence-corrected chi connectivity index (χ1v) is 6.39. The molecule has 2 aromatic carbocycles. The molecule has 0 aliphatic heterocycles. The summed E-state index contributed by atoms with van der Waals surface area (Å²) >= 11 is 0. The van der Waals surface area contributed by atoms with E-state index in [0.29, 0.717) is 11.3 Å². The molecular weight excluding hydrogens is 270 g/mol. The van der Waals surface area contributed by atoms with Crippen LogP contribution < -0.4 is 11.1 Å². The molecule has 0 aliphatic carbocycles. The number of hydrogen-bond acceptors (Lipinski definition) is 4. The summed E-state index contributed by atoms with van der Waals surface area (Å²) in [6.07, 6.45) is 0.222. The minimum atomic E-state index is -0.460. The van der Waals surface area contributed by atoms with E-state index in [1.165, 1.54) is 12.1 Å². The predicted octanol–water partition coefficient (Wildman–Crippen LogP) is 2.04. The van der Waals surface area contributed by atoms with Gasteiger partial charge in [-0.25, -0.2) is 0 Å². The van der Waals surface area contributed by atoms with E-state index in [4.69, 9.17) is 5.73 Å². The SMILES string of the molecule is Nc1cccc(CC(=O)NCc2cccc([N+](=O)[O-])c2)c1. The van der Waals surface area contributed by atoms with Crippen molar-refractivity contribution in [2.45, 2.75) is 13.0 Å². The molecule has 0 aromatic heterocycles. The number of nitrogens with one attached hydrogen (secondary N) is 1. The van der Waals surface area contributed by atoms with Crippen LogP contribution in [-0.2, 0) is 17.8 Å². The molecule has 0 atom stereocenters. The van der Waals surface area contributed by atoms with Crippen molar-refractivity contribution in [3.05, 3.63) is 69.8 Å². The second-order valence-electron chi connectivity index (χ2n) is 4.63. The number of rotatable bonds is 5. The Labute approximate surface area is 121 Å². The molecule has 2 rings (SSSR count). The van der Waals surface area contributed by atoms with Gasteiger partial charge in [-0.05, 0) is 23.3 Å². The second kappa shape index (κ2) is 6.51. The Bertz CT molecular complexity index is 671. The van der Waals surface area contributed by atoms with Crippen LogP contribution in [0.2, 0.25) is 0 Å². The number of nitrogens with two attached hydrogens (primary N) is 1. The fraction of sp³-hybridized carbons (Fsp3) is 0.133. The molecule has 0 fully saturated rings. The maximum absolute atomic E-state index is 11.8. The number of amides is 1. The molecular formula is C15H15N3O3. The van der Waals surface area contributed by atoms with Crippen molar-refractivity contribution < 1.29 is 9.72 Å². The first-order valence-electron chi connectivity index (χ1n) is 6.39. The van der Waals surface area contributed by atoms with Gasteiger partial charge in [0.25, 0.3) is 5.69 Å². The van der Waals surface area contributed by atoms with Crippen molar-refractivity contribution in [3.63, 3.8) is 0 Å². The van der Waals surface area contributed by atoms with E-state index in [1.807, 2.05) is 6.07 Å². The van der Waals surface area contributed by atoms with E-state index in [1.54, 1.807) is 30.3 Å². The number of carbonyl (C=O) groups is 1. The molecule has 0 aliphatic rings. The topological polar surface area (TPSA) is 98.3 Å². The highest BCUT2D eigenvalue weighted by Crippen LogP contribution is 2.13. The molecule has 1 amide bonds. The van der Waals surface area contributed by atoms with Gasteiger partial charge >= 0.3 is 0 Å². The summed E-state index contributed by atoms with van der Waals surface area (Å²) in [5, 5.41) is 13.4. The number of nitro groups is 1. The number of nitro benzene ring substituents is 1. The molecule has 0 unspecified atom stereocenters. The van der Waals surface area contributed by atoms with Gasteiger partial charge in [-0.1, -0.05) is 24.3 Å². The van der Waals surface area contributed by atoms with Crippen LogP contribution in [0.25, 0.3) is 0 Å². The maximum atomic E-state index is 11.8. The van der Waals surface area contributed by atoms with Gasteiger partial charge in [0.15, 0.2) is 0 Å². The van der Waals surface area contributed by atoms with Gasteiger partial charge in [0.2, 0.25) is 5.91 Å². The summed E-state index contributed by atoms with van der Waals surface area (Å²) in [6.45, 7) is 0.253. The van der Waals surface area contributed by atoms with Gasteiger partial charge in [0.05, 0.1) is 11.3 Å². The van der Waals surface area contributed by atoms with E-state index < -0.39 is 4.92 Å². The predicted molar refractivity (Wildman–Crippen MR) is 79.5 cm³/mol. The fourth-order valence-electron chi connectivity index (χ4n) is 1.93. The number of nitrogens with zero attached hydrogens (tertiary/aromatic N) is 1. The van der Waals surface area contributed by atoms with E-state index in [0.717, 1.165) is 5.56 Å². The molecule has 0 bridgehead atoms. The molecule has 0 spiro atoms. The molecule has 108 valence electrons. The Kier molecular flexibility index (Phi) is 4.50. The van der Waals surface area contributed by atoms with Crippen LogP contribution in [0.1, 0.15) is 11.1 Å². The standard InChI is InChI=1S/C15H15N3O3/c16-13-5-1-3-11(7-13)9-15(19)17-10-12-4-2-6-14(8-12)18(20)21/h1-8H,9-10,16H2,(H,17,19). The molecule has 2 aromatic rings. The zero-order valence-corrected chi connectivity index (χ0v) is 11.3. The van der Waals surface area contributed by atoms with Gasteiger partial charge in [-0.3, -0.25) is 14.9 Å². The Morgan fingerprint density at radius 1 is 1.14 bits per heavy atom. The largest absolute Gasteiger partial charge is 0.399 e. The summed E-state index contributed by atoms with van der Waals surface area (Å²) in [7, 11) is 0. The molecule has 3 N–H and O–H groups in total. The second-order valence-corrected chi connectivity index (χ2v) is 4.63. The Hall–Kier alpha value is -2.89. The van der Waals surface area contributed by atoms with Crippen molar-refractivity contribution in [2.24, 2.45) is 0 Å². The molecule has 21 heavy (non-hydrogen) atoms. The van der Waals surface area contributed by atoms with E-state index in [-0.39, 0.29) is 24.6 Å². The van der Waals surface area contributed by atoms with Gasteiger partial charge in [0, 0.05) is 24.4 Å². The zero-order valence-electron chi connectivity index (χ0n) is 11.3. The Morgan fingerprint density at radius 3 is 2.57 bits per heavy atom. The van der Waals surface area contributed by atoms with Crippen LogP contribution >= 0.6 is 0 Å². The van der Waals surface area contributed by atoms with Crippen LogP contribution in [0.5, 0.6) is 0 Å². The Balaban J connectivity index is 1.92. The van der Waals surface area contributed by atoms with Crippen LogP contribution in [0.3, 0.4) is 0 Å². The summed E-state index contributed by atoms with van der Waals surface area (Å²) in [6, 6.07) is 13.3. The number of nitrogen functional groups attached to an aromatic ring is 1. The fourth-order valence-corrected chi connectivity index (χ4v) is 1.93. The average molecular weight is 285 g/mol. The van der Waals surface area contributed by atoms with E-state index in [2.05, 4.69) is 5.32 Å². The summed E-state index contributed by atoms with van der Waals surface area (Å²) < 4.78 is 0. The number of hydrogen-bond donors (Lipinski definition) is 2. The first-order chi connectivity index (χ1) is 10.0. The minimum Gasteiger partial charge on any atom is -0.399 e. The van der Waals surface area contributed by atoms with Crippen molar-refractivity contribution in [1.29, 1.82) is 0 Å². The van der Waals surface area contributed by atoms with Crippen molar-refractivity contribution >= 4 is 17.3 Å².